The Kier molecular flexibility index (Phi) is 2.70. The lowest BCUT2D eigenvalue weighted by atomic mass is 9.70. The van der Waals surface area contributed by atoms with Crippen molar-refractivity contribution in [3.05, 3.63) is 24.8 Å². The maximum atomic E-state index is 12.3. The van der Waals surface area contributed by atoms with E-state index in [0.29, 0.717) is 25.9 Å². The van der Waals surface area contributed by atoms with Crippen LogP contribution in [0.1, 0.15) is 25.7 Å². The van der Waals surface area contributed by atoms with E-state index < -0.39 is 5.41 Å². The first-order valence-electron chi connectivity index (χ1n) is 5.75. The summed E-state index contributed by atoms with van der Waals surface area (Å²) in [7, 11) is 0. The molecule has 16 heavy (non-hydrogen) atoms. The van der Waals surface area contributed by atoms with E-state index in [1.54, 1.807) is 11.0 Å². The molecule has 1 aliphatic heterocycles. The van der Waals surface area contributed by atoms with Crippen molar-refractivity contribution in [3.63, 3.8) is 0 Å². The Bertz CT molecular complexity index is 372. The van der Waals surface area contributed by atoms with E-state index in [0.717, 1.165) is 18.4 Å². The Labute approximate surface area is 95.8 Å². The molecule has 0 aromatic heterocycles. The molecule has 2 aliphatic rings. The zero-order valence-electron chi connectivity index (χ0n) is 9.50. The molecule has 0 N–H and O–H groups in total. The van der Waals surface area contributed by atoms with Crippen LogP contribution >= 0.6 is 0 Å². The predicted octanol–water partition coefficient (Wildman–Crippen LogP) is 1.70. The molecule has 3 heteroatoms. The van der Waals surface area contributed by atoms with Crippen LogP contribution in [0.25, 0.3) is 0 Å². The van der Waals surface area contributed by atoms with E-state index in [2.05, 4.69) is 13.2 Å². The van der Waals surface area contributed by atoms with Gasteiger partial charge >= 0.3 is 0 Å². The maximum Gasteiger partial charge on any atom is 0.241 e. The van der Waals surface area contributed by atoms with Crippen LogP contribution in [0.15, 0.2) is 24.8 Å². The highest BCUT2D eigenvalue weighted by molar-refractivity contribution is 6.11. The third-order valence-corrected chi connectivity index (χ3v) is 3.67. The standard InChI is InChI=1S/C13H17NO2/c1-3-8-14-9-10(2)13(12(14)16)7-5-4-6-11(13)15/h3H,1-2,4-9H2/t13-/m1/s1. The first kappa shape index (κ1) is 11.1. The number of hydrogen-bond acceptors (Lipinski definition) is 2. The number of ketones is 1. The Morgan fingerprint density at radius 1 is 1.38 bits per heavy atom. The lowest BCUT2D eigenvalue weighted by molar-refractivity contribution is -0.144. The van der Waals surface area contributed by atoms with Gasteiger partial charge in [-0.05, 0) is 18.4 Å². The van der Waals surface area contributed by atoms with Crippen molar-refractivity contribution >= 4 is 11.7 Å². The quantitative estimate of drug-likeness (QED) is 0.523. The molecule has 1 spiro atoms. The molecule has 1 saturated carbocycles. The van der Waals surface area contributed by atoms with Crippen molar-refractivity contribution in [2.24, 2.45) is 5.41 Å². The molecule has 0 aromatic rings. The number of amides is 1. The van der Waals surface area contributed by atoms with Gasteiger partial charge < -0.3 is 4.90 Å². The van der Waals surface area contributed by atoms with E-state index in [-0.39, 0.29) is 11.7 Å². The number of Topliss-reactive ketones (excluding diaryl/α,β-unsaturated/α-hetero) is 1. The molecule has 0 unspecified atom stereocenters. The Hall–Kier alpha value is -1.38. The zero-order valence-corrected chi connectivity index (χ0v) is 9.50. The van der Waals surface area contributed by atoms with Gasteiger partial charge in [0.2, 0.25) is 5.91 Å². The largest absolute Gasteiger partial charge is 0.334 e. The highest BCUT2D eigenvalue weighted by Gasteiger charge is 2.54. The minimum Gasteiger partial charge on any atom is -0.334 e. The van der Waals surface area contributed by atoms with Gasteiger partial charge in [0.25, 0.3) is 0 Å². The minimum atomic E-state index is -0.874. The molecule has 2 fully saturated rings. The molecule has 1 saturated heterocycles. The molecular weight excluding hydrogens is 202 g/mol. The fourth-order valence-corrected chi connectivity index (χ4v) is 2.79. The van der Waals surface area contributed by atoms with Gasteiger partial charge in [-0.25, -0.2) is 0 Å². The van der Waals surface area contributed by atoms with Crippen molar-refractivity contribution < 1.29 is 9.59 Å². The molecule has 86 valence electrons. The van der Waals surface area contributed by atoms with Crippen LogP contribution in [0.5, 0.6) is 0 Å². The highest BCUT2D eigenvalue weighted by atomic mass is 16.2. The molecule has 0 bridgehead atoms. The summed E-state index contributed by atoms with van der Waals surface area (Å²) in [6.07, 6.45) is 4.71. The summed E-state index contributed by atoms with van der Waals surface area (Å²) < 4.78 is 0. The summed E-state index contributed by atoms with van der Waals surface area (Å²) in [6.45, 7) is 8.59. The van der Waals surface area contributed by atoms with Crippen LogP contribution in [-0.4, -0.2) is 29.7 Å². The second-order valence-corrected chi connectivity index (χ2v) is 4.61. The first-order valence-corrected chi connectivity index (χ1v) is 5.75. The first-order chi connectivity index (χ1) is 7.63. The van der Waals surface area contributed by atoms with Crippen molar-refractivity contribution in [1.82, 2.24) is 4.90 Å². The molecular formula is C13H17NO2. The summed E-state index contributed by atoms with van der Waals surface area (Å²) >= 11 is 0. The SMILES string of the molecule is C=CCN1CC(=C)[C@@]2(CCCCC2=O)C1=O. The van der Waals surface area contributed by atoms with E-state index in [1.165, 1.54) is 0 Å². The smallest absolute Gasteiger partial charge is 0.241 e. The molecule has 1 heterocycles. The molecule has 1 aliphatic carbocycles. The second kappa shape index (κ2) is 3.89. The zero-order chi connectivity index (χ0) is 11.8. The number of hydrogen-bond donors (Lipinski definition) is 0. The lowest BCUT2D eigenvalue weighted by Gasteiger charge is -2.30. The number of nitrogens with zero attached hydrogens (tertiary/aromatic N) is 1. The van der Waals surface area contributed by atoms with Gasteiger partial charge in [0.15, 0.2) is 5.78 Å². The number of likely N-dealkylation sites (tertiary alicyclic amines) is 1. The van der Waals surface area contributed by atoms with Gasteiger partial charge in [0.1, 0.15) is 5.41 Å². The average Bonchev–Trinajstić information content (AvgIpc) is 2.49. The lowest BCUT2D eigenvalue weighted by Crippen LogP contribution is -2.43. The van der Waals surface area contributed by atoms with E-state index in [9.17, 15) is 9.59 Å². The van der Waals surface area contributed by atoms with Crippen LogP contribution in [0.2, 0.25) is 0 Å². The van der Waals surface area contributed by atoms with Gasteiger partial charge in [-0.2, -0.15) is 0 Å². The second-order valence-electron chi connectivity index (χ2n) is 4.61. The Morgan fingerprint density at radius 3 is 2.75 bits per heavy atom. The summed E-state index contributed by atoms with van der Waals surface area (Å²) in [6, 6.07) is 0. The normalized spacial score (nSPS) is 30.2. The topological polar surface area (TPSA) is 37.4 Å². The van der Waals surface area contributed by atoms with Crippen molar-refractivity contribution in [3.8, 4) is 0 Å². The fourth-order valence-electron chi connectivity index (χ4n) is 2.79. The van der Waals surface area contributed by atoms with Gasteiger partial charge in [-0.15, -0.1) is 6.58 Å². The predicted molar refractivity (Wildman–Crippen MR) is 61.8 cm³/mol. The van der Waals surface area contributed by atoms with Gasteiger partial charge in [0.05, 0.1) is 0 Å². The van der Waals surface area contributed by atoms with Gasteiger partial charge in [-0.1, -0.05) is 19.1 Å². The average molecular weight is 219 g/mol. The summed E-state index contributed by atoms with van der Waals surface area (Å²) in [5.74, 6) is 0.0161. The summed E-state index contributed by atoms with van der Waals surface area (Å²) in [5, 5.41) is 0. The Morgan fingerprint density at radius 2 is 2.12 bits per heavy atom. The van der Waals surface area contributed by atoms with Gasteiger partial charge in [-0.3, -0.25) is 9.59 Å². The highest BCUT2D eigenvalue weighted by Crippen LogP contribution is 2.45. The Balaban J connectivity index is 2.33. The van der Waals surface area contributed by atoms with Crippen LogP contribution in [0, 0.1) is 5.41 Å². The molecule has 1 atom stereocenters. The van der Waals surface area contributed by atoms with Crippen molar-refractivity contribution in [2.75, 3.05) is 13.1 Å². The van der Waals surface area contributed by atoms with E-state index in [1.807, 2.05) is 0 Å². The molecule has 3 nitrogen and oxygen atoms in total. The van der Waals surface area contributed by atoms with E-state index >= 15 is 0 Å². The van der Waals surface area contributed by atoms with Gasteiger partial charge in [0, 0.05) is 19.5 Å². The van der Waals surface area contributed by atoms with Crippen molar-refractivity contribution in [2.45, 2.75) is 25.7 Å². The van der Waals surface area contributed by atoms with E-state index in [4.69, 9.17) is 0 Å². The summed E-state index contributed by atoms with van der Waals surface area (Å²) in [4.78, 5) is 26.0. The monoisotopic (exact) mass is 219 g/mol. The maximum absolute atomic E-state index is 12.3. The number of carbonyl (C=O) groups is 2. The summed E-state index contributed by atoms with van der Waals surface area (Å²) in [5.41, 5.74) is -0.0922. The van der Waals surface area contributed by atoms with Crippen LogP contribution in [0.3, 0.4) is 0 Å². The third kappa shape index (κ3) is 1.34. The molecule has 1 amide bonds. The van der Waals surface area contributed by atoms with Crippen molar-refractivity contribution in [1.29, 1.82) is 0 Å². The fraction of sp³-hybridized carbons (Fsp3) is 0.538. The van der Waals surface area contributed by atoms with Crippen LogP contribution < -0.4 is 0 Å². The molecule has 2 rings (SSSR count). The third-order valence-electron chi connectivity index (χ3n) is 3.67. The molecule has 0 aromatic carbocycles. The number of carbonyl (C=O) groups excluding carboxylic acids is 2. The van der Waals surface area contributed by atoms with Crippen LogP contribution in [0.4, 0.5) is 0 Å². The molecule has 0 radical (unpaired) electrons. The van der Waals surface area contributed by atoms with Crippen LogP contribution in [-0.2, 0) is 9.59 Å². The minimum absolute atomic E-state index is 0.0536. The number of rotatable bonds is 2.